The van der Waals surface area contributed by atoms with Crippen molar-refractivity contribution >= 4 is 23.5 Å². The molecular formula is C10H13ClN4O. The Hall–Kier alpha value is -1.20. The van der Waals surface area contributed by atoms with Crippen molar-refractivity contribution in [1.29, 1.82) is 0 Å². The van der Waals surface area contributed by atoms with E-state index in [1.807, 2.05) is 6.92 Å². The van der Waals surface area contributed by atoms with Crippen LogP contribution < -0.4 is 10.6 Å². The molecule has 0 saturated carbocycles. The minimum absolute atomic E-state index is 0.0254. The summed E-state index contributed by atoms with van der Waals surface area (Å²) in [4.78, 5) is 19.7. The first kappa shape index (κ1) is 11.3. The van der Waals surface area contributed by atoms with Gasteiger partial charge in [0.25, 0.3) is 0 Å². The second-order valence-electron chi connectivity index (χ2n) is 3.83. The minimum atomic E-state index is -0.0558. The van der Waals surface area contributed by atoms with Crippen LogP contribution in [0.15, 0.2) is 12.3 Å². The Balaban J connectivity index is 2.02. The van der Waals surface area contributed by atoms with E-state index in [0.717, 1.165) is 13.0 Å². The van der Waals surface area contributed by atoms with Gasteiger partial charge < -0.3 is 5.32 Å². The van der Waals surface area contributed by atoms with Gasteiger partial charge in [0, 0.05) is 12.2 Å². The zero-order chi connectivity index (χ0) is 11.5. The van der Waals surface area contributed by atoms with Crippen LogP contribution in [0.25, 0.3) is 0 Å². The van der Waals surface area contributed by atoms with Crippen LogP contribution in [0.3, 0.4) is 0 Å². The Bertz CT molecular complexity index is 398. The van der Waals surface area contributed by atoms with Gasteiger partial charge in [-0.15, -0.1) is 0 Å². The number of hydrogen-bond acceptors (Lipinski definition) is 4. The third kappa shape index (κ3) is 2.48. The maximum absolute atomic E-state index is 11.9. The van der Waals surface area contributed by atoms with Gasteiger partial charge in [0.1, 0.15) is 5.15 Å². The highest BCUT2D eigenvalue weighted by molar-refractivity contribution is 6.29. The van der Waals surface area contributed by atoms with Gasteiger partial charge in [-0.3, -0.25) is 10.1 Å². The fourth-order valence-corrected chi connectivity index (χ4v) is 1.95. The van der Waals surface area contributed by atoms with Gasteiger partial charge in [0.05, 0.1) is 5.92 Å². The number of halogens is 1. The van der Waals surface area contributed by atoms with Crippen LogP contribution in [-0.4, -0.2) is 28.5 Å². The SMILES string of the molecule is CC1NCCC1C(=O)Nc1nccc(Cl)n1. The lowest BCUT2D eigenvalue weighted by Gasteiger charge is -2.13. The first-order chi connectivity index (χ1) is 7.66. The molecular weight excluding hydrogens is 228 g/mol. The third-order valence-electron chi connectivity index (χ3n) is 2.72. The van der Waals surface area contributed by atoms with Crippen molar-refractivity contribution in [3.8, 4) is 0 Å². The van der Waals surface area contributed by atoms with E-state index in [2.05, 4.69) is 20.6 Å². The quantitative estimate of drug-likeness (QED) is 0.759. The number of rotatable bonds is 2. The summed E-state index contributed by atoms with van der Waals surface area (Å²) in [5.74, 6) is 0.180. The fourth-order valence-electron chi connectivity index (χ4n) is 1.82. The van der Waals surface area contributed by atoms with E-state index < -0.39 is 0 Å². The lowest BCUT2D eigenvalue weighted by Crippen LogP contribution is -2.32. The van der Waals surface area contributed by atoms with Crippen molar-refractivity contribution < 1.29 is 4.79 Å². The summed E-state index contributed by atoms with van der Waals surface area (Å²) >= 11 is 5.70. The molecule has 0 radical (unpaired) electrons. The molecule has 2 atom stereocenters. The molecule has 2 N–H and O–H groups in total. The van der Waals surface area contributed by atoms with Crippen LogP contribution in [0.1, 0.15) is 13.3 Å². The van der Waals surface area contributed by atoms with Gasteiger partial charge >= 0.3 is 0 Å². The topological polar surface area (TPSA) is 66.9 Å². The maximum Gasteiger partial charge on any atom is 0.231 e. The van der Waals surface area contributed by atoms with Crippen LogP contribution in [0.5, 0.6) is 0 Å². The first-order valence-electron chi connectivity index (χ1n) is 5.19. The number of nitrogens with zero attached hydrogens (tertiary/aromatic N) is 2. The van der Waals surface area contributed by atoms with Gasteiger partial charge in [-0.1, -0.05) is 11.6 Å². The number of hydrogen-bond donors (Lipinski definition) is 2. The molecule has 0 bridgehead atoms. The number of carbonyl (C=O) groups excluding carboxylic acids is 1. The van der Waals surface area contributed by atoms with Crippen molar-refractivity contribution in [3.05, 3.63) is 17.4 Å². The minimum Gasteiger partial charge on any atom is -0.313 e. The summed E-state index contributed by atoms with van der Waals surface area (Å²) in [7, 11) is 0. The van der Waals surface area contributed by atoms with Crippen molar-refractivity contribution in [2.45, 2.75) is 19.4 Å². The zero-order valence-electron chi connectivity index (χ0n) is 8.90. The smallest absolute Gasteiger partial charge is 0.231 e. The molecule has 2 unspecified atom stereocenters. The molecule has 1 fully saturated rings. The maximum atomic E-state index is 11.9. The molecule has 0 spiro atoms. The van der Waals surface area contributed by atoms with Crippen molar-refractivity contribution in [2.75, 3.05) is 11.9 Å². The monoisotopic (exact) mass is 240 g/mol. The summed E-state index contributed by atoms with van der Waals surface area (Å²) in [6.07, 6.45) is 2.36. The molecule has 1 aromatic rings. The molecule has 1 aliphatic rings. The largest absolute Gasteiger partial charge is 0.313 e. The number of nitrogens with one attached hydrogen (secondary N) is 2. The molecule has 2 rings (SSSR count). The molecule has 0 aromatic carbocycles. The second-order valence-corrected chi connectivity index (χ2v) is 4.22. The van der Waals surface area contributed by atoms with E-state index in [-0.39, 0.29) is 23.8 Å². The molecule has 2 heterocycles. The average Bonchev–Trinajstić information content (AvgIpc) is 2.64. The van der Waals surface area contributed by atoms with Crippen LogP contribution in [0.4, 0.5) is 5.95 Å². The fraction of sp³-hybridized carbons (Fsp3) is 0.500. The highest BCUT2D eigenvalue weighted by Crippen LogP contribution is 2.17. The number of anilines is 1. The van der Waals surface area contributed by atoms with E-state index in [1.165, 1.54) is 6.20 Å². The van der Waals surface area contributed by atoms with Gasteiger partial charge in [0.2, 0.25) is 11.9 Å². The average molecular weight is 241 g/mol. The molecule has 1 amide bonds. The Morgan fingerprint density at radius 2 is 2.50 bits per heavy atom. The molecule has 0 aliphatic carbocycles. The molecule has 1 aliphatic heterocycles. The standard InChI is InChI=1S/C10H13ClN4O/c1-6-7(2-4-12-6)9(16)15-10-13-5-3-8(11)14-10/h3,5-7,12H,2,4H2,1H3,(H,13,14,15,16). The predicted molar refractivity (Wildman–Crippen MR) is 61.2 cm³/mol. The molecule has 1 saturated heterocycles. The molecule has 6 heteroatoms. The summed E-state index contributed by atoms with van der Waals surface area (Å²) < 4.78 is 0. The first-order valence-corrected chi connectivity index (χ1v) is 5.57. The summed E-state index contributed by atoms with van der Waals surface area (Å²) in [5.41, 5.74) is 0. The Morgan fingerprint density at radius 1 is 1.69 bits per heavy atom. The third-order valence-corrected chi connectivity index (χ3v) is 2.93. The zero-order valence-corrected chi connectivity index (χ0v) is 9.66. The van der Waals surface area contributed by atoms with Crippen LogP contribution in [0.2, 0.25) is 5.15 Å². The lowest BCUT2D eigenvalue weighted by atomic mass is 10.0. The van der Waals surface area contributed by atoms with Crippen LogP contribution in [-0.2, 0) is 4.79 Å². The van der Waals surface area contributed by atoms with Gasteiger partial charge in [0.15, 0.2) is 0 Å². The molecule has 5 nitrogen and oxygen atoms in total. The number of carbonyl (C=O) groups is 1. The van der Waals surface area contributed by atoms with Crippen molar-refractivity contribution in [1.82, 2.24) is 15.3 Å². The van der Waals surface area contributed by atoms with Crippen LogP contribution in [0, 0.1) is 5.92 Å². The van der Waals surface area contributed by atoms with Crippen LogP contribution >= 0.6 is 11.6 Å². The highest BCUT2D eigenvalue weighted by Gasteiger charge is 2.29. The number of amides is 1. The summed E-state index contributed by atoms with van der Waals surface area (Å²) in [6, 6.07) is 1.76. The summed E-state index contributed by atoms with van der Waals surface area (Å²) in [5, 5.41) is 6.21. The predicted octanol–water partition coefficient (Wildman–Crippen LogP) is 1.07. The van der Waals surface area contributed by atoms with E-state index in [1.54, 1.807) is 6.07 Å². The van der Waals surface area contributed by atoms with E-state index in [4.69, 9.17) is 11.6 Å². The Morgan fingerprint density at radius 3 is 3.12 bits per heavy atom. The highest BCUT2D eigenvalue weighted by atomic mass is 35.5. The van der Waals surface area contributed by atoms with E-state index in [0.29, 0.717) is 5.15 Å². The molecule has 1 aromatic heterocycles. The Labute approximate surface area is 98.6 Å². The summed E-state index contributed by atoms with van der Waals surface area (Å²) in [6.45, 7) is 2.87. The molecule has 86 valence electrons. The Kier molecular flexibility index (Phi) is 3.36. The normalized spacial score (nSPS) is 24.4. The van der Waals surface area contributed by atoms with Gasteiger partial charge in [-0.05, 0) is 26.0 Å². The van der Waals surface area contributed by atoms with Gasteiger partial charge in [-0.25, -0.2) is 9.97 Å². The van der Waals surface area contributed by atoms with Crippen molar-refractivity contribution in [2.24, 2.45) is 5.92 Å². The van der Waals surface area contributed by atoms with Crippen molar-refractivity contribution in [3.63, 3.8) is 0 Å². The lowest BCUT2D eigenvalue weighted by molar-refractivity contribution is -0.120. The van der Waals surface area contributed by atoms with Gasteiger partial charge in [-0.2, -0.15) is 0 Å². The van der Waals surface area contributed by atoms with E-state index >= 15 is 0 Å². The number of aromatic nitrogens is 2. The second kappa shape index (κ2) is 4.76. The molecule has 16 heavy (non-hydrogen) atoms. The van der Waals surface area contributed by atoms with E-state index in [9.17, 15) is 4.79 Å².